The molecule has 1 N–H and O–H groups in total. The fourth-order valence-corrected chi connectivity index (χ4v) is 2.36. The molecule has 15 heavy (non-hydrogen) atoms. The zero-order chi connectivity index (χ0) is 10.8. The lowest BCUT2D eigenvalue weighted by Gasteiger charge is -2.32. The number of ether oxygens (including phenoxy) is 1. The van der Waals surface area contributed by atoms with Crippen molar-refractivity contribution >= 4 is 5.97 Å². The SMILES string of the molecule is CC(=O)OC1=CCC2C(=C1)CCCC2O. The van der Waals surface area contributed by atoms with E-state index in [1.807, 2.05) is 12.2 Å². The summed E-state index contributed by atoms with van der Waals surface area (Å²) in [6.45, 7) is 1.40. The topological polar surface area (TPSA) is 46.5 Å². The molecule has 0 aromatic carbocycles. The van der Waals surface area contributed by atoms with E-state index >= 15 is 0 Å². The number of hydrogen-bond acceptors (Lipinski definition) is 3. The van der Waals surface area contributed by atoms with Gasteiger partial charge in [-0.05, 0) is 37.8 Å². The Hall–Kier alpha value is -1.09. The molecule has 1 fully saturated rings. The van der Waals surface area contributed by atoms with Crippen molar-refractivity contribution in [2.45, 2.75) is 38.7 Å². The van der Waals surface area contributed by atoms with Gasteiger partial charge in [0.15, 0.2) is 0 Å². The average molecular weight is 208 g/mol. The number of carbonyl (C=O) groups excluding carboxylic acids is 1. The molecule has 2 unspecified atom stereocenters. The first-order chi connectivity index (χ1) is 7.16. The predicted octanol–water partition coefficient (Wildman–Crippen LogP) is 1.92. The van der Waals surface area contributed by atoms with E-state index in [4.69, 9.17) is 4.74 Å². The summed E-state index contributed by atoms with van der Waals surface area (Å²) in [5, 5.41) is 9.79. The van der Waals surface area contributed by atoms with Crippen LogP contribution in [-0.2, 0) is 9.53 Å². The van der Waals surface area contributed by atoms with Crippen LogP contribution in [0, 0.1) is 5.92 Å². The number of aliphatic hydroxyl groups is 1. The summed E-state index contributed by atoms with van der Waals surface area (Å²) in [6.07, 6.45) is 7.30. The molecule has 0 aromatic rings. The van der Waals surface area contributed by atoms with Crippen LogP contribution < -0.4 is 0 Å². The van der Waals surface area contributed by atoms with E-state index in [0.717, 1.165) is 25.7 Å². The van der Waals surface area contributed by atoms with Crippen LogP contribution in [-0.4, -0.2) is 17.2 Å². The molecule has 0 spiro atoms. The summed E-state index contributed by atoms with van der Waals surface area (Å²) in [6, 6.07) is 0. The molecule has 0 heterocycles. The monoisotopic (exact) mass is 208 g/mol. The van der Waals surface area contributed by atoms with Crippen LogP contribution in [0.25, 0.3) is 0 Å². The van der Waals surface area contributed by atoms with Gasteiger partial charge in [-0.3, -0.25) is 4.79 Å². The lowest BCUT2D eigenvalue weighted by atomic mass is 9.77. The third-order valence-corrected chi connectivity index (χ3v) is 3.07. The van der Waals surface area contributed by atoms with Crippen molar-refractivity contribution in [3.63, 3.8) is 0 Å². The summed E-state index contributed by atoms with van der Waals surface area (Å²) < 4.78 is 5.04. The highest BCUT2D eigenvalue weighted by Gasteiger charge is 2.29. The normalized spacial score (nSPS) is 30.0. The first-order valence-electron chi connectivity index (χ1n) is 5.44. The fraction of sp³-hybridized carbons (Fsp3) is 0.583. The van der Waals surface area contributed by atoms with E-state index in [9.17, 15) is 9.90 Å². The van der Waals surface area contributed by atoms with Gasteiger partial charge in [-0.1, -0.05) is 5.57 Å². The van der Waals surface area contributed by atoms with Crippen molar-refractivity contribution < 1.29 is 14.6 Å². The Morgan fingerprint density at radius 1 is 1.60 bits per heavy atom. The Labute approximate surface area is 89.4 Å². The number of allylic oxidation sites excluding steroid dienone is 2. The highest BCUT2D eigenvalue weighted by Crippen LogP contribution is 2.36. The fourth-order valence-electron chi connectivity index (χ4n) is 2.36. The molecule has 0 amide bonds. The van der Waals surface area contributed by atoms with Crippen LogP contribution in [0.2, 0.25) is 0 Å². The molecule has 82 valence electrons. The Bertz CT molecular complexity index is 328. The summed E-state index contributed by atoms with van der Waals surface area (Å²) in [5.74, 6) is 0.605. The summed E-state index contributed by atoms with van der Waals surface area (Å²) >= 11 is 0. The van der Waals surface area contributed by atoms with Crippen molar-refractivity contribution in [3.05, 3.63) is 23.5 Å². The quantitative estimate of drug-likeness (QED) is 0.670. The number of hydrogen-bond donors (Lipinski definition) is 1. The van der Waals surface area contributed by atoms with Crippen LogP contribution >= 0.6 is 0 Å². The smallest absolute Gasteiger partial charge is 0.308 e. The third kappa shape index (κ3) is 2.29. The molecule has 2 rings (SSSR count). The van der Waals surface area contributed by atoms with Gasteiger partial charge in [-0.25, -0.2) is 0 Å². The number of carbonyl (C=O) groups is 1. The molecule has 0 aliphatic heterocycles. The Morgan fingerprint density at radius 3 is 3.13 bits per heavy atom. The van der Waals surface area contributed by atoms with Crippen LogP contribution in [0.5, 0.6) is 0 Å². The first kappa shape index (κ1) is 10.4. The molecule has 1 saturated carbocycles. The maximum absolute atomic E-state index is 10.8. The van der Waals surface area contributed by atoms with Gasteiger partial charge >= 0.3 is 5.97 Å². The van der Waals surface area contributed by atoms with Crippen LogP contribution in [0.1, 0.15) is 32.6 Å². The second-order valence-electron chi connectivity index (χ2n) is 4.22. The Kier molecular flexibility index (Phi) is 2.91. The molecule has 2 aliphatic rings. The molecule has 3 nitrogen and oxygen atoms in total. The third-order valence-electron chi connectivity index (χ3n) is 3.07. The maximum Gasteiger partial charge on any atom is 0.308 e. The van der Waals surface area contributed by atoms with E-state index < -0.39 is 0 Å². The van der Waals surface area contributed by atoms with Crippen molar-refractivity contribution in [1.82, 2.24) is 0 Å². The molecule has 0 aromatic heterocycles. The zero-order valence-electron chi connectivity index (χ0n) is 8.90. The largest absolute Gasteiger partial charge is 0.427 e. The summed E-state index contributed by atoms with van der Waals surface area (Å²) in [5.41, 5.74) is 1.23. The predicted molar refractivity (Wildman–Crippen MR) is 55.9 cm³/mol. The molecule has 0 radical (unpaired) electrons. The summed E-state index contributed by atoms with van der Waals surface area (Å²) in [7, 11) is 0. The van der Waals surface area contributed by atoms with Crippen LogP contribution in [0.15, 0.2) is 23.5 Å². The van der Waals surface area contributed by atoms with Gasteiger partial charge in [0.05, 0.1) is 6.10 Å². The van der Waals surface area contributed by atoms with Crippen LogP contribution in [0.3, 0.4) is 0 Å². The number of rotatable bonds is 1. The number of esters is 1. The highest BCUT2D eigenvalue weighted by atomic mass is 16.5. The van der Waals surface area contributed by atoms with Crippen molar-refractivity contribution in [3.8, 4) is 0 Å². The Morgan fingerprint density at radius 2 is 2.40 bits per heavy atom. The van der Waals surface area contributed by atoms with E-state index in [1.54, 1.807) is 0 Å². The average Bonchev–Trinajstić information content (AvgIpc) is 2.17. The van der Waals surface area contributed by atoms with Crippen LogP contribution in [0.4, 0.5) is 0 Å². The number of aliphatic hydroxyl groups excluding tert-OH is 1. The number of fused-ring (bicyclic) bond motifs is 1. The first-order valence-corrected chi connectivity index (χ1v) is 5.44. The van der Waals surface area contributed by atoms with Gasteiger partial charge in [0.2, 0.25) is 0 Å². The zero-order valence-corrected chi connectivity index (χ0v) is 8.90. The van der Waals surface area contributed by atoms with E-state index in [0.29, 0.717) is 5.76 Å². The van der Waals surface area contributed by atoms with Gasteiger partial charge in [0.1, 0.15) is 5.76 Å². The lowest BCUT2D eigenvalue weighted by molar-refractivity contribution is -0.136. The van der Waals surface area contributed by atoms with E-state index in [-0.39, 0.29) is 18.0 Å². The summed E-state index contributed by atoms with van der Waals surface area (Å²) in [4.78, 5) is 10.8. The maximum atomic E-state index is 10.8. The van der Waals surface area contributed by atoms with Crippen molar-refractivity contribution in [1.29, 1.82) is 0 Å². The molecular formula is C12H16O3. The van der Waals surface area contributed by atoms with Gasteiger partial charge in [-0.2, -0.15) is 0 Å². The molecule has 0 bridgehead atoms. The lowest BCUT2D eigenvalue weighted by Crippen LogP contribution is -2.27. The van der Waals surface area contributed by atoms with E-state index in [1.165, 1.54) is 12.5 Å². The van der Waals surface area contributed by atoms with E-state index in [2.05, 4.69) is 0 Å². The molecule has 2 aliphatic carbocycles. The minimum atomic E-state index is -0.284. The van der Waals surface area contributed by atoms with Gasteiger partial charge in [0, 0.05) is 12.8 Å². The molecule has 3 heteroatoms. The molecular weight excluding hydrogens is 192 g/mol. The van der Waals surface area contributed by atoms with Crippen molar-refractivity contribution in [2.75, 3.05) is 0 Å². The second kappa shape index (κ2) is 4.19. The van der Waals surface area contributed by atoms with Gasteiger partial charge in [0.25, 0.3) is 0 Å². The standard InChI is InChI=1S/C12H16O3/c1-8(13)15-10-5-6-11-9(7-10)3-2-4-12(11)14/h5,7,11-12,14H,2-4,6H2,1H3. The van der Waals surface area contributed by atoms with Crippen molar-refractivity contribution in [2.24, 2.45) is 5.92 Å². The minimum Gasteiger partial charge on any atom is -0.427 e. The highest BCUT2D eigenvalue weighted by molar-refractivity contribution is 5.67. The molecule has 2 atom stereocenters. The molecule has 0 saturated heterocycles. The Balaban J connectivity index is 2.10. The van der Waals surface area contributed by atoms with Gasteiger partial charge < -0.3 is 9.84 Å². The minimum absolute atomic E-state index is 0.222. The second-order valence-corrected chi connectivity index (χ2v) is 4.22. The van der Waals surface area contributed by atoms with Gasteiger partial charge in [-0.15, -0.1) is 0 Å².